The number of aromatic hydroxyl groups is 3. The fourth-order valence-corrected chi connectivity index (χ4v) is 8.14. The van der Waals surface area contributed by atoms with Crippen LogP contribution in [0.3, 0.4) is 0 Å². The number of ketones is 1. The monoisotopic (exact) mass is 866 g/mol. The molecule has 3 aliphatic heterocycles. The highest BCUT2D eigenvalue weighted by Gasteiger charge is 2.50. The van der Waals surface area contributed by atoms with E-state index in [1.165, 1.54) is 66.1 Å². The number of carbonyl (C=O) groups excluding carboxylic acids is 3. The van der Waals surface area contributed by atoms with E-state index >= 15 is 0 Å². The van der Waals surface area contributed by atoms with E-state index in [0.717, 1.165) is 38.3 Å². The first-order valence-corrected chi connectivity index (χ1v) is 21.6. The minimum atomic E-state index is -2.06. The van der Waals surface area contributed by atoms with Crippen LogP contribution < -0.4 is 10.1 Å². The second kappa shape index (κ2) is 21.8. The number of fused-ring (bicyclic) bond motifs is 14. The largest absolute Gasteiger partial charge is 0.507 e. The van der Waals surface area contributed by atoms with Gasteiger partial charge in [-0.05, 0) is 32.8 Å². The fraction of sp³-hybridized carbons (Fsp3) is 0.574. The number of nitrogens with zero attached hydrogens (tertiary/aromatic N) is 1. The molecule has 2 aromatic carbocycles. The molecule has 15 nitrogen and oxygen atoms in total. The van der Waals surface area contributed by atoms with Crippen LogP contribution in [0.5, 0.6) is 23.0 Å². The number of hydrogen-bond acceptors (Lipinski definition) is 14. The van der Waals surface area contributed by atoms with Crippen LogP contribution in [0, 0.1) is 30.6 Å². The summed E-state index contributed by atoms with van der Waals surface area (Å²) in [6, 6.07) is 0. The number of unbranched alkanes of at least 4 members (excludes halogenated alkanes) is 6. The number of aliphatic hydroxyl groups is 2. The third-order valence-corrected chi connectivity index (χ3v) is 12.1. The molecule has 0 aromatic heterocycles. The van der Waals surface area contributed by atoms with Crippen molar-refractivity contribution in [2.24, 2.45) is 28.8 Å². The molecule has 0 aliphatic carbocycles. The Morgan fingerprint density at radius 2 is 1.56 bits per heavy atom. The molecule has 62 heavy (non-hydrogen) atoms. The second-order valence-corrected chi connectivity index (χ2v) is 16.8. The zero-order valence-electron chi connectivity index (χ0n) is 37.7. The van der Waals surface area contributed by atoms with Crippen molar-refractivity contribution in [2.75, 3.05) is 19.0 Å². The number of nitrogens with one attached hydrogen (secondary N) is 1. The van der Waals surface area contributed by atoms with Gasteiger partial charge in [0.1, 0.15) is 30.0 Å². The third-order valence-electron chi connectivity index (χ3n) is 12.1. The van der Waals surface area contributed by atoms with Crippen molar-refractivity contribution < 1.29 is 63.7 Å². The van der Waals surface area contributed by atoms with E-state index < -0.39 is 88.8 Å². The Morgan fingerprint density at radius 3 is 2.21 bits per heavy atom. The fourth-order valence-electron chi connectivity index (χ4n) is 8.14. The summed E-state index contributed by atoms with van der Waals surface area (Å²) in [5.41, 5.74) is -0.538. The number of aliphatic hydroxyl groups excluding tert-OH is 2. The molecule has 5 bridgehead atoms. The van der Waals surface area contributed by atoms with E-state index in [-0.39, 0.29) is 51.1 Å². The molecule has 15 heteroatoms. The highest BCUT2D eigenvalue weighted by Crippen LogP contribution is 2.55. The molecule has 9 unspecified atom stereocenters. The SMILES string of the molecule is CCCCCCCCCON=Cc1c2c(O)c3c(O)c(C)c4c(c3c1O)C(=O)C(C)(OC=CC(OC)C(C)C(OC(C)=O)C(C)C(O)C(C)C(O)C(C)C=CC=C(C)C(=O)N2)O4. The number of ether oxygens (including phenoxy) is 4. The molecule has 0 saturated heterocycles. The standard InChI is InChI=1S/C47H66N2O13/c1-11-12-13-14-15-16-17-22-60-48-24-32-37-42(55)35-34(41(32)54)36-44(30(7)40(35)53)62-47(9,45(36)56)59-23-21-33(58-10)27(4)43(61-31(8)50)29(6)39(52)28(5)38(51)25(2)19-18-20-26(3)46(57)49-37/h18-21,23-25,27-29,33,38-39,43,51-55H,11-17,22H2,1-10H3,(H,49,57). The van der Waals surface area contributed by atoms with E-state index in [4.69, 9.17) is 23.8 Å². The summed E-state index contributed by atoms with van der Waals surface area (Å²) in [6.07, 6.45) is 12.0. The van der Waals surface area contributed by atoms with Crippen molar-refractivity contribution >= 4 is 40.3 Å². The number of hydrogen-bond donors (Lipinski definition) is 6. The van der Waals surface area contributed by atoms with Crippen LogP contribution in [0.25, 0.3) is 10.8 Å². The van der Waals surface area contributed by atoms with Crippen LogP contribution in [0.1, 0.15) is 122 Å². The van der Waals surface area contributed by atoms with Crippen LogP contribution in [-0.4, -0.2) is 93.3 Å². The Morgan fingerprint density at radius 1 is 0.903 bits per heavy atom. The molecule has 0 saturated carbocycles. The van der Waals surface area contributed by atoms with Crippen LogP contribution in [0.2, 0.25) is 0 Å². The average molecular weight is 867 g/mol. The first kappa shape index (κ1) is 49.5. The van der Waals surface area contributed by atoms with E-state index in [0.29, 0.717) is 0 Å². The lowest BCUT2D eigenvalue weighted by Crippen LogP contribution is -2.46. The molecule has 9 atom stereocenters. The van der Waals surface area contributed by atoms with Crippen LogP contribution in [0.15, 0.2) is 41.3 Å². The van der Waals surface area contributed by atoms with Crippen molar-refractivity contribution in [3.05, 3.63) is 52.8 Å². The van der Waals surface area contributed by atoms with Gasteiger partial charge in [0.25, 0.3) is 11.7 Å². The minimum absolute atomic E-state index is 0.0426. The average Bonchev–Trinajstić information content (AvgIpc) is 3.50. The summed E-state index contributed by atoms with van der Waals surface area (Å²) in [6.45, 7) is 14.9. The molecular formula is C47H66N2O13. The lowest BCUT2D eigenvalue weighted by Gasteiger charge is -2.38. The molecule has 6 N–H and O–H groups in total. The summed E-state index contributed by atoms with van der Waals surface area (Å²) < 4.78 is 23.6. The summed E-state index contributed by atoms with van der Waals surface area (Å²) in [5.74, 6) is -8.54. The summed E-state index contributed by atoms with van der Waals surface area (Å²) in [4.78, 5) is 46.0. The maximum atomic E-state index is 14.4. The number of Topliss-reactive ketones (excluding diaryl/α,β-unsaturated/α-hetero) is 1. The molecular weight excluding hydrogens is 801 g/mol. The van der Waals surface area contributed by atoms with Gasteiger partial charge in [0.15, 0.2) is 5.75 Å². The Bertz CT molecular complexity index is 2060. The normalized spacial score (nSPS) is 27.3. The van der Waals surface area contributed by atoms with Gasteiger partial charge in [0, 0.05) is 61.2 Å². The van der Waals surface area contributed by atoms with E-state index in [1.807, 2.05) is 0 Å². The van der Waals surface area contributed by atoms with Crippen LogP contribution in [0.4, 0.5) is 5.69 Å². The van der Waals surface area contributed by atoms with Crippen LogP contribution >= 0.6 is 0 Å². The first-order chi connectivity index (χ1) is 29.3. The lowest BCUT2D eigenvalue weighted by molar-refractivity contribution is -0.160. The maximum Gasteiger partial charge on any atom is 0.312 e. The molecule has 0 spiro atoms. The maximum absolute atomic E-state index is 14.4. The van der Waals surface area contributed by atoms with Gasteiger partial charge in [-0.25, -0.2) is 0 Å². The molecule has 0 radical (unpaired) electrons. The Labute approximate surface area is 364 Å². The number of esters is 1. The zero-order valence-corrected chi connectivity index (χ0v) is 37.7. The molecule has 0 fully saturated rings. The van der Waals surface area contributed by atoms with Crippen molar-refractivity contribution in [3.63, 3.8) is 0 Å². The number of amides is 1. The Kier molecular flexibility index (Phi) is 17.4. The molecule has 1 amide bonds. The molecule has 3 aliphatic rings. The van der Waals surface area contributed by atoms with E-state index in [2.05, 4.69) is 17.4 Å². The minimum Gasteiger partial charge on any atom is -0.507 e. The van der Waals surface area contributed by atoms with Gasteiger partial charge >= 0.3 is 11.8 Å². The van der Waals surface area contributed by atoms with Gasteiger partial charge in [-0.2, -0.15) is 0 Å². The van der Waals surface area contributed by atoms with Gasteiger partial charge < -0.3 is 54.6 Å². The number of phenols is 3. The number of carbonyl (C=O) groups is 3. The number of rotatable bonds is 12. The van der Waals surface area contributed by atoms with Gasteiger partial charge in [-0.1, -0.05) is 90.1 Å². The third kappa shape index (κ3) is 10.9. The summed E-state index contributed by atoms with van der Waals surface area (Å²) >= 11 is 0. The first-order valence-electron chi connectivity index (χ1n) is 21.6. The molecule has 5 rings (SSSR count). The quantitative estimate of drug-likeness (QED) is 0.0299. The number of benzene rings is 2. The Hall–Kier alpha value is -5.12. The number of methoxy groups -OCH3 is 1. The van der Waals surface area contributed by atoms with Gasteiger partial charge in [-0.3, -0.25) is 14.4 Å². The molecule has 2 aromatic rings. The van der Waals surface area contributed by atoms with Gasteiger partial charge in [0.2, 0.25) is 0 Å². The van der Waals surface area contributed by atoms with Crippen molar-refractivity contribution in [1.29, 1.82) is 0 Å². The lowest BCUT2D eigenvalue weighted by atomic mass is 9.78. The van der Waals surface area contributed by atoms with Crippen molar-refractivity contribution in [3.8, 4) is 23.0 Å². The predicted molar refractivity (Wildman–Crippen MR) is 235 cm³/mol. The molecule has 342 valence electrons. The van der Waals surface area contributed by atoms with Crippen molar-refractivity contribution in [2.45, 2.75) is 137 Å². The number of phenolic OH excluding ortho intramolecular Hbond substituents is 3. The number of allylic oxidation sites excluding steroid dienone is 2. The smallest absolute Gasteiger partial charge is 0.312 e. The van der Waals surface area contributed by atoms with Gasteiger partial charge in [0.05, 0.1) is 53.0 Å². The van der Waals surface area contributed by atoms with Crippen LogP contribution in [-0.2, 0) is 28.6 Å². The predicted octanol–water partition coefficient (Wildman–Crippen LogP) is 7.86. The highest BCUT2D eigenvalue weighted by molar-refractivity contribution is 6.23. The zero-order chi connectivity index (χ0) is 46.1. The number of anilines is 1. The second-order valence-electron chi connectivity index (χ2n) is 16.8. The van der Waals surface area contributed by atoms with E-state index in [9.17, 15) is 39.9 Å². The van der Waals surface area contributed by atoms with Crippen molar-refractivity contribution in [1.82, 2.24) is 0 Å². The summed E-state index contributed by atoms with van der Waals surface area (Å²) in [7, 11) is 1.43. The van der Waals surface area contributed by atoms with E-state index in [1.54, 1.807) is 39.8 Å². The highest BCUT2D eigenvalue weighted by atomic mass is 16.7. The Balaban J connectivity index is 1.87. The number of oxime groups is 1. The summed E-state index contributed by atoms with van der Waals surface area (Å²) in [5, 5.41) is 64.4. The molecule has 3 heterocycles. The topological polar surface area (TPSA) is 223 Å². The van der Waals surface area contributed by atoms with Gasteiger partial charge in [-0.15, -0.1) is 0 Å².